The largest absolute Gasteiger partial charge is 0.450 e. The first-order chi connectivity index (χ1) is 15.6. The van der Waals surface area contributed by atoms with E-state index in [0.717, 1.165) is 0 Å². The average Bonchev–Trinajstić information content (AvgIpc) is 3.05. The van der Waals surface area contributed by atoms with Crippen molar-refractivity contribution in [2.24, 2.45) is 29.1 Å². The molecular weight excluding hydrogens is 495 g/mol. The van der Waals surface area contributed by atoms with E-state index in [1.807, 2.05) is 6.92 Å². The van der Waals surface area contributed by atoms with E-state index < -0.39 is 58.9 Å². The second-order valence-corrected chi connectivity index (χ2v) is 11.1. The van der Waals surface area contributed by atoms with Gasteiger partial charge in [-0.3, -0.25) is 14.4 Å². The van der Waals surface area contributed by atoms with Crippen LogP contribution >= 0.6 is 15.9 Å². The summed E-state index contributed by atoms with van der Waals surface area (Å²) in [5.74, 6) is -3.13. The summed E-state index contributed by atoms with van der Waals surface area (Å²) >= 11 is 3.28. The molecule has 0 amide bonds. The lowest BCUT2D eigenvalue weighted by Crippen LogP contribution is -2.66. The Bertz CT molecular complexity index is 917. The Hall–Kier alpha value is -1.38. The van der Waals surface area contributed by atoms with E-state index in [-0.39, 0.29) is 24.5 Å². The number of hydrogen-bond donors (Lipinski definition) is 2. The van der Waals surface area contributed by atoms with Crippen molar-refractivity contribution in [3.8, 4) is 0 Å². The molecule has 0 spiro atoms. The maximum Gasteiger partial charge on any atom is 0.306 e. The van der Waals surface area contributed by atoms with Gasteiger partial charge in [-0.05, 0) is 57.1 Å². The van der Waals surface area contributed by atoms with Gasteiger partial charge in [-0.25, -0.2) is 4.39 Å². The molecule has 0 aliphatic heterocycles. The lowest BCUT2D eigenvalue weighted by atomic mass is 9.48. The number of aliphatic hydroxyl groups is 2. The molecule has 4 aliphatic rings. The van der Waals surface area contributed by atoms with Gasteiger partial charge >= 0.3 is 5.97 Å². The van der Waals surface area contributed by atoms with Crippen LogP contribution in [0.2, 0.25) is 0 Å². The maximum atomic E-state index is 17.1. The predicted octanol–water partition coefficient (Wildman–Crippen LogP) is 3.23. The van der Waals surface area contributed by atoms with Crippen LogP contribution in [0.15, 0.2) is 23.8 Å². The third kappa shape index (κ3) is 3.42. The molecule has 4 rings (SSSR count). The lowest BCUT2D eigenvalue weighted by Gasteiger charge is -2.59. The predicted molar refractivity (Wildman–Crippen MR) is 122 cm³/mol. The molecule has 3 saturated carbocycles. The van der Waals surface area contributed by atoms with E-state index in [9.17, 15) is 24.6 Å². The summed E-state index contributed by atoms with van der Waals surface area (Å²) in [7, 11) is 0. The first kappa shape index (κ1) is 24.7. The maximum absolute atomic E-state index is 17.1. The Kier molecular flexibility index (Phi) is 6.51. The minimum atomic E-state index is -2.01. The minimum absolute atomic E-state index is 0.0515. The number of carbonyl (C=O) groups is 3. The van der Waals surface area contributed by atoms with Gasteiger partial charge in [-0.1, -0.05) is 34.5 Å². The van der Waals surface area contributed by atoms with E-state index in [0.29, 0.717) is 36.6 Å². The molecule has 6 nitrogen and oxygen atoms in total. The summed E-state index contributed by atoms with van der Waals surface area (Å²) in [6.45, 7) is 2.77. The fourth-order valence-electron chi connectivity index (χ4n) is 7.38. The summed E-state index contributed by atoms with van der Waals surface area (Å²) in [5.41, 5.74) is -4.00. The van der Waals surface area contributed by atoms with E-state index in [1.54, 1.807) is 13.0 Å². The number of ketones is 2. The van der Waals surface area contributed by atoms with E-state index in [1.165, 1.54) is 12.2 Å². The van der Waals surface area contributed by atoms with E-state index in [2.05, 4.69) is 15.9 Å². The van der Waals surface area contributed by atoms with Crippen molar-refractivity contribution in [3.05, 3.63) is 23.8 Å². The van der Waals surface area contributed by atoms with Crippen LogP contribution in [0.1, 0.15) is 52.4 Å². The molecule has 0 aromatic carbocycles. The Balaban J connectivity index is 1.74. The van der Waals surface area contributed by atoms with Crippen LogP contribution in [-0.4, -0.2) is 57.1 Å². The monoisotopic (exact) mass is 526 g/mol. The second kappa shape index (κ2) is 8.68. The van der Waals surface area contributed by atoms with E-state index >= 15 is 4.39 Å². The number of rotatable bonds is 6. The van der Waals surface area contributed by atoms with Crippen molar-refractivity contribution in [2.75, 3.05) is 11.9 Å². The van der Waals surface area contributed by atoms with Gasteiger partial charge in [0.05, 0.1) is 6.10 Å². The number of hydrogen-bond acceptors (Lipinski definition) is 6. The average molecular weight is 527 g/mol. The van der Waals surface area contributed by atoms with Gasteiger partial charge in [0, 0.05) is 34.9 Å². The molecule has 8 heteroatoms. The standard InChI is InChI=1S/C25H32BrFO6/c1-14-10-17-18-6-5-15-11-16(29)7-8-23(15,2)25(18,27)20(30)12-19(17)24(14,21(31)13-28)33-22(32)4-3-9-26/h7-8,11,14,17-20,28,30H,3-6,9-10,12-13H2,1-2H3. The zero-order valence-corrected chi connectivity index (χ0v) is 20.6. The number of allylic oxidation sites excluding steroid dienone is 4. The number of ether oxygens (including phenoxy) is 1. The third-order valence-electron chi connectivity index (χ3n) is 8.91. The molecule has 3 fully saturated rings. The highest BCUT2D eigenvalue weighted by atomic mass is 79.9. The summed E-state index contributed by atoms with van der Waals surface area (Å²) in [6.07, 6.45) is 5.07. The molecule has 0 radical (unpaired) electrons. The van der Waals surface area contributed by atoms with Gasteiger partial charge in [-0.2, -0.15) is 0 Å². The van der Waals surface area contributed by atoms with Crippen molar-refractivity contribution < 1.29 is 33.7 Å². The molecular formula is C25H32BrFO6. The number of halogens is 2. The summed E-state index contributed by atoms with van der Waals surface area (Å²) in [4.78, 5) is 37.7. The van der Waals surface area contributed by atoms with Gasteiger partial charge in [-0.15, -0.1) is 0 Å². The number of Topliss-reactive ketones (excluding diaryl/α,β-unsaturated/α-hetero) is 1. The van der Waals surface area contributed by atoms with Crippen molar-refractivity contribution >= 4 is 33.5 Å². The molecule has 2 N–H and O–H groups in total. The summed E-state index contributed by atoms with van der Waals surface area (Å²) in [6, 6.07) is 0. The molecule has 0 bridgehead atoms. The number of esters is 1. The molecule has 8 atom stereocenters. The van der Waals surface area contributed by atoms with Gasteiger partial charge in [0.1, 0.15) is 6.61 Å². The van der Waals surface area contributed by atoms with Crippen LogP contribution < -0.4 is 0 Å². The highest BCUT2D eigenvalue weighted by Gasteiger charge is 2.72. The summed E-state index contributed by atoms with van der Waals surface area (Å²) in [5, 5.41) is 21.7. The first-order valence-corrected chi connectivity index (χ1v) is 12.9. The molecule has 4 aliphatic carbocycles. The first-order valence-electron chi connectivity index (χ1n) is 11.8. The van der Waals surface area contributed by atoms with Crippen LogP contribution in [0.5, 0.6) is 0 Å². The van der Waals surface area contributed by atoms with E-state index in [4.69, 9.17) is 4.74 Å². The van der Waals surface area contributed by atoms with Gasteiger partial charge in [0.2, 0.25) is 5.78 Å². The van der Waals surface area contributed by atoms with Gasteiger partial charge in [0.25, 0.3) is 0 Å². The summed E-state index contributed by atoms with van der Waals surface area (Å²) < 4.78 is 23.0. The Morgan fingerprint density at radius 3 is 2.70 bits per heavy atom. The van der Waals surface area contributed by atoms with Crippen LogP contribution in [0.25, 0.3) is 0 Å². The number of alkyl halides is 2. The highest BCUT2D eigenvalue weighted by Crippen LogP contribution is 2.67. The lowest BCUT2D eigenvalue weighted by molar-refractivity contribution is -0.203. The zero-order chi connectivity index (χ0) is 24.2. The van der Waals surface area contributed by atoms with Crippen molar-refractivity contribution in [1.82, 2.24) is 0 Å². The smallest absolute Gasteiger partial charge is 0.306 e. The normalized spacial score (nSPS) is 43.9. The molecule has 0 saturated heterocycles. The van der Waals surface area contributed by atoms with Crippen LogP contribution in [-0.2, 0) is 19.1 Å². The molecule has 182 valence electrons. The minimum Gasteiger partial charge on any atom is -0.450 e. The molecule has 8 unspecified atom stereocenters. The van der Waals surface area contributed by atoms with Crippen LogP contribution in [0.4, 0.5) is 4.39 Å². The van der Waals surface area contributed by atoms with Crippen LogP contribution in [0, 0.1) is 29.1 Å². The zero-order valence-electron chi connectivity index (χ0n) is 19.1. The molecule has 0 aromatic rings. The van der Waals surface area contributed by atoms with Crippen LogP contribution in [0.3, 0.4) is 0 Å². The number of carbonyl (C=O) groups excluding carboxylic acids is 3. The fraction of sp³-hybridized carbons (Fsp3) is 0.720. The topological polar surface area (TPSA) is 101 Å². The Morgan fingerprint density at radius 1 is 1.30 bits per heavy atom. The third-order valence-corrected chi connectivity index (χ3v) is 9.47. The molecule has 0 aromatic heterocycles. The number of fused-ring (bicyclic) bond motifs is 5. The van der Waals surface area contributed by atoms with Gasteiger partial charge < -0.3 is 14.9 Å². The van der Waals surface area contributed by atoms with Crippen molar-refractivity contribution in [1.29, 1.82) is 0 Å². The number of aliphatic hydroxyl groups excluding tert-OH is 2. The highest BCUT2D eigenvalue weighted by molar-refractivity contribution is 9.09. The Morgan fingerprint density at radius 2 is 2.03 bits per heavy atom. The SMILES string of the molecule is CC1CC2C(CC(O)C3(F)C2CCC2=CC(=O)C=CC23C)C1(OC(=O)CCCBr)C(=O)CO. The molecule has 0 heterocycles. The van der Waals surface area contributed by atoms with Crippen molar-refractivity contribution in [2.45, 2.75) is 69.7 Å². The van der Waals surface area contributed by atoms with Gasteiger partial charge in [0.15, 0.2) is 17.1 Å². The Labute approximate surface area is 201 Å². The fourth-order valence-corrected chi connectivity index (χ4v) is 7.66. The quantitative estimate of drug-likeness (QED) is 0.407. The van der Waals surface area contributed by atoms with Crippen molar-refractivity contribution in [3.63, 3.8) is 0 Å². The second-order valence-electron chi connectivity index (χ2n) is 10.3. The molecule has 33 heavy (non-hydrogen) atoms.